The second-order valence-corrected chi connectivity index (χ2v) is 6.66. The summed E-state index contributed by atoms with van der Waals surface area (Å²) in [6, 6.07) is 0. The van der Waals surface area contributed by atoms with Crippen molar-refractivity contribution < 1.29 is 4.74 Å². The molecule has 0 atom stereocenters. The van der Waals surface area contributed by atoms with Gasteiger partial charge in [-0.15, -0.1) is 21.5 Å². The number of ether oxygens (including phenoxy) is 1. The van der Waals surface area contributed by atoms with Crippen LogP contribution in [-0.4, -0.2) is 37.0 Å². The Morgan fingerprint density at radius 1 is 1.10 bits per heavy atom. The summed E-state index contributed by atoms with van der Waals surface area (Å²) in [4.78, 5) is 0. The Morgan fingerprint density at radius 2 is 1.85 bits per heavy atom. The van der Waals surface area contributed by atoms with Gasteiger partial charge in [0.25, 0.3) is 0 Å². The van der Waals surface area contributed by atoms with E-state index in [-0.39, 0.29) is 0 Å². The zero-order chi connectivity index (χ0) is 14.0. The first-order valence-corrected chi connectivity index (χ1v) is 8.73. The maximum absolute atomic E-state index is 5.01. The van der Waals surface area contributed by atoms with Gasteiger partial charge in [-0.3, -0.25) is 0 Å². The van der Waals surface area contributed by atoms with Gasteiger partial charge in [-0.2, -0.15) is 0 Å². The number of hydrogen-bond acceptors (Lipinski definition) is 5. The molecule has 4 nitrogen and oxygen atoms in total. The van der Waals surface area contributed by atoms with E-state index in [0.717, 1.165) is 26.1 Å². The lowest BCUT2D eigenvalue weighted by molar-refractivity contribution is 0.199. The van der Waals surface area contributed by atoms with Crippen molar-refractivity contribution in [2.75, 3.05) is 26.8 Å². The molecule has 0 saturated heterocycles. The summed E-state index contributed by atoms with van der Waals surface area (Å²) in [5.41, 5.74) is 0. The van der Waals surface area contributed by atoms with Crippen molar-refractivity contribution in [3.05, 3.63) is 10.0 Å². The summed E-state index contributed by atoms with van der Waals surface area (Å²) in [5.74, 6) is 0.669. The zero-order valence-electron chi connectivity index (χ0n) is 12.6. The van der Waals surface area contributed by atoms with Gasteiger partial charge in [0.1, 0.15) is 10.0 Å². The molecular weight excluding hydrogens is 270 g/mol. The van der Waals surface area contributed by atoms with Crippen molar-refractivity contribution in [1.82, 2.24) is 15.5 Å². The quantitative estimate of drug-likeness (QED) is 0.785. The summed E-state index contributed by atoms with van der Waals surface area (Å²) in [6.07, 6.45) is 10.5. The monoisotopic (exact) mass is 297 g/mol. The summed E-state index contributed by atoms with van der Waals surface area (Å²) in [6.45, 7) is 2.64. The molecule has 114 valence electrons. The van der Waals surface area contributed by atoms with Gasteiger partial charge in [-0.05, 0) is 12.8 Å². The first-order chi connectivity index (χ1) is 9.90. The third kappa shape index (κ3) is 5.46. The summed E-state index contributed by atoms with van der Waals surface area (Å²) in [5, 5.41) is 14.6. The Balaban J connectivity index is 1.75. The van der Waals surface area contributed by atoms with Crippen LogP contribution >= 0.6 is 11.3 Å². The van der Waals surface area contributed by atoms with E-state index in [1.54, 1.807) is 7.11 Å². The topological polar surface area (TPSA) is 47.0 Å². The van der Waals surface area contributed by atoms with Crippen LogP contribution in [0.5, 0.6) is 0 Å². The van der Waals surface area contributed by atoms with Crippen LogP contribution in [0.25, 0.3) is 0 Å². The zero-order valence-corrected chi connectivity index (χ0v) is 13.4. The van der Waals surface area contributed by atoms with Crippen molar-refractivity contribution in [3.63, 3.8) is 0 Å². The molecule has 5 heteroatoms. The third-order valence-corrected chi connectivity index (χ3v) is 5.08. The highest BCUT2D eigenvalue weighted by Gasteiger charge is 2.17. The molecule has 0 aromatic carbocycles. The van der Waals surface area contributed by atoms with Gasteiger partial charge in [0.05, 0.1) is 6.61 Å². The number of aromatic nitrogens is 2. The minimum atomic E-state index is 0.669. The average molecular weight is 297 g/mol. The van der Waals surface area contributed by atoms with E-state index in [1.165, 1.54) is 55.0 Å². The van der Waals surface area contributed by atoms with Crippen LogP contribution in [0.15, 0.2) is 0 Å². The van der Waals surface area contributed by atoms with Crippen LogP contribution < -0.4 is 5.32 Å². The van der Waals surface area contributed by atoms with Crippen molar-refractivity contribution in [3.8, 4) is 0 Å². The van der Waals surface area contributed by atoms with E-state index in [9.17, 15) is 0 Å². The molecule has 0 radical (unpaired) electrons. The highest BCUT2D eigenvalue weighted by Crippen LogP contribution is 2.32. The van der Waals surface area contributed by atoms with Crippen LogP contribution in [-0.2, 0) is 11.2 Å². The molecule has 1 aromatic rings. The van der Waals surface area contributed by atoms with Crippen LogP contribution in [0.4, 0.5) is 0 Å². The molecule has 1 aliphatic rings. The highest BCUT2D eigenvalue weighted by molar-refractivity contribution is 7.11. The lowest BCUT2D eigenvalue weighted by Gasteiger charge is -2.16. The third-order valence-electron chi connectivity index (χ3n) is 3.94. The standard InChI is InChI=1S/C15H27N3OS/c1-19-12-11-16-10-9-14-17-18-15(20-14)13-7-5-3-2-4-6-8-13/h13,16H,2-12H2,1H3. The lowest BCUT2D eigenvalue weighted by atomic mass is 9.92. The fourth-order valence-corrected chi connectivity index (χ4v) is 3.74. The minimum Gasteiger partial charge on any atom is -0.383 e. The van der Waals surface area contributed by atoms with Crippen molar-refractivity contribution >= 4 is 11.3 Å². The number of hydrogen-bond donors (Lipinski definition) is 1. The van der Waals surface area contributed by atoms with Gasteiger partial charge in [0.15, 0.2) is 0 Å². The fraction of sp³-hybridized carbons (Fsp3) is 0.867. The average Bonchev–Trinajstić information content (AvgIpc) is 2.87. The van der Waals surface area contributed by atoms with Gasteiger partial charge >= 0.3 is 0 Å². The Hall–Kier alpha value is -0.520. The molecule has 1 N–H and O–H groups in total. The Labute approximate surface area is 126 Å². The van der Waals surface area contributed by atoms with E-state index in [1.807, 2.05) is 11.3 Å². The Bertz CT molecular complexity index is 362. The SMILES string of the molecule is COCCNCCc1nnc(C2CCCCCCC2)s1. The molecule has 1 aromatic heterocycles. The molecule has 0 spiro atoms. The van der Waals surface area contributed by atoms with Crippen LogP contribution in [0.1, 0.15) is 60.9 Å². The van der Waals surface area contributed by atoms with E-state index in [0.29, 0.717) is 5.92 Å². The summed E-state index contributed by atoms with van der Waals surface area (Å²) >= 11 is 1.83. The highest BCUT2D eigenvalue weighted by atomic mass is 32.1. The van der Waals surface area contributed by atoms with Crippen molar-refractivity contribution in [2.45, 2.75) is 57.3 Å². The van der Waals surface area contributed by atoms with Gasteiger partial charge in [-0.1, -0.05) is 32.1 Å². The largest absolute Gasteiger partial charge is 0.383 e. The van der Waals surface area contributed by atoms with E-state index in [4.69, 9.17) is 4.74 Å². The van der Waals surface area contributed by atoms with Crippen LogP contribution in [0, 0.1) is 0 Å². The predicted molar refractivity (Wildman–Crippen MR) is 83.4 cm³/mol. The smallest absolute Gasteiger partial charge is 0.120 e. The number of nitrogens with zero attached hydrogens (tertiary/aromatic N) is 2. The van der Waals surface area contributed by atoms with E-state index >= 15 is 0 Å². The molecule has 1 heterocycles. The van der Waals surface area contributed by atoms with Gasteiger partial charge in [0.2, 0.25) is 0 Å². The lowest BCUT2D eigenvalue weighted by Crippen LogP contribution is -2.21. The number of methoxy groups -OCH3 is 1. The molecule has 1 aliphatic carbocycles. The maximum atomic E-state index is 5.01. The van der Waals surface area contributed by atoms with E-state index in [2.05, 4.69) is 15.5 Å². The molecule has 0 bridgehead atoms. The normalized spacial score (nSPS) is 17.9. The first kappa shape index (κ1) is 15.9. The molecule has 1 saturated carbocycles. The first-order valence-electron chi connectivity index (χ1n) is 7.92. The molecule has 0 amide bonds. The predicted octanol–water partition coefficient (Wildman–Crippen LogP) is 3.14. The maximum Gasteiger partial charge on any atom is 0.120 e. The second-order valence-electron chi connectivity index (χ2n) is 5.57. The fourth-order valence-electron chi connectivity index (χ4n) is 2.73. The van der Waals surface area contributed by atoms with Gasteiger partial charge in [-0.25, -0.2) is 0 Å². The molecule has 1 fully saturated rings. The van der Waals surface area contributed by atoms with Gasteiger partial charge < -0.3 is 10.1 Å². The Kier molecular flexibility index (Phi) is 7.47. The van der Waals surface area contributed by atoms with Crippen LogP contribution in [0.2, 0.25) is 0 Å². The van der Waals surface area contributed by atoms with E-state index < -0.39 is 0 Å². The molecule has 0 aliphatic heterocycles. The minimum absolute atomic E-state index is 0.669. The molecular formula is C15H27N3OS. The Morgan fingerprint density at radius 3 is 2.60 bits per heavy atom. The van der Waals surface area contributed by atoms with Crippen molar-refractivity contribution in [2.24, 2.45) is 0 Å². The molecule has 20 heavy (non-hydrogen) atoms. The summed E-state index contributed by atoms with van der Waals surface area (Å²) in [7, 11) is 1.73. The van der Waals surface area contributed by atoms with Crippen molar-refractivity contribution in [1.29, 1.82) is 0 Å². The summed E-state index contributed by atoms with van der Waals surface area (Å²) < 4.78 is 5.01. The second kappa shape index (κ2) is 9.42. The molecule has 0 unspecified atom stereocenters. The number of rotatable bonds is 7. The van der Waals surface area contributed by atoms with Crippen LogP contribution in [0.3, 0.4) is 0 Å². The molecule has 2 rings (SSSR count). The van der Waals surface area contributed by atoms with Gasteiger partial charge in [0, 0.05) is 32.5 Å². The number of nitrogens with one attached hydrogen (secondary N) is 1.